The van der Waals surface area contributed by atoms with E-state index in [0.29, 0.717) is 19.7 Å². The first kappa shape index (κ1) is 20.6. The second-order valence-corrected chi connectivity index (χ2v) is 8.26. The van der Waals surface area contributed by atoms with Gasteiger partial charge in [-0.2, -0.15) is 0 Å². The molecule has 2 aliphatic heterocycles. The number of fused-ring (bicyclic) bond motifs is 1. The van der Waals surface area contributed by atoms with Crippen LogP contribution in [0.3, 0.4) is 0 Å². The van der Waals surface area contributed by atoms with E-state index < -0.39 is 0 Å². The highest BCUT2D eigenvalue weighted by Gasteiger charge is 2.29. The Morgan fingerprint density at radius 1 is 1.17 bits per heavy atom. The molecular weight excluding hydrogens is 390 g/mol. The molecule has 0 atom stereocenters. The van der Waals surface area contributed by atoms with Gasteiger partial charge >= 0.3 is 0 Å². The summed E-state index contributed by atoms with van der Waals surface area (Å²) in [5.74, 6) is 0.856. The Bertz CT molecular complexity index is 732. The van der Waals surface area contributed by atoms with Crippen LogP contribution in [0.5, 0.6) is 0 Å². The Hall–Kier alpha value is -1.70. The molecule has 1 aromatic rings. The first-order valence-electron chi connectivity index (χ1n) is 10.7. The van der Waals surface area contributed by atoms with E-state index in [1.807, 2.05) is 11.1 Å². The van der Waals surface area contributed by atoms with Crippen molar-refractivity contribution < 1.29 is 9.53 Å². The maximum Gasteiger partial charge on any atom is 0.248 e. The molecule has 0 radical (unpaired) electrons. The van der Waals surface area contributed by atoms with Gasteiger partial charge in [-0.05, 0) is 30.9 Å². The molecule has 29 heavy (non-hydrogen) atoms. The van der Waals surface area contributed by atoms with Crippen molar-refractivity contribution in [3.05, 3.63) is 29.1 Å². The number of ether oxygens (including phenoxy) is 1. The second-order valence-electron chi connectivity index (χ2n) is 8.01. The average molecular weight is 420 g/mol. The zero-order valence-electron chi connectivity index (χ0n) is 16.9. The predicted molar refractivity (Wildman–Crippen MR) is 113 cm³/mol. The fourth-order valence-electron chi connectivity index (χ4n) is 4.25. The maximum atomic E-state index is 12.4. The highest BCUT2D eigenvalue weighted by molar-refractivity contribution is 6.25. The van der Waals surface area contributed by atoms with Crippen LogP contribution in [0.25, 0.3) is 0 Å². The van der Waals surface area contributed by atoms with Crippen molar-refractivity contribution in [2.45, 2.75) is 38.1 Å². The number of nitrogens with zero attached hydrogens (tertiary/aromatic N) is 5. The minimum Gasteiger partial charge on any atom is -0.368 e. The summed E-state index contributed by atoms with van der Waals surface area (Å²) < 4.78 is 5.34. The van der Waals surface area contributed by atoms with Gasteiger partial charge in [-0.25, -0.2) is 9.97 Å². The lowest BCUT2D eigenvalue weighted by molar-refractivity contribution is -0.135. The SMILES string of the molecule is O=C(COC/C=C/Cl)N1CCc2cnc(N3CCN(C4CCC4)CC3)nc2CC1. The normalized spacial score (nSPS) is 21.1. The van der Waals surface area contributed by atoms with E-state index in [1.165, 1.54) is 24.8 Å². The summed E-state index contributed by atoms with van der Waals surface area (Å²) in [4.78, 5) is 28.7. The van der Waals surface area contributed by atoms with Crippen LogP contribution in [0.15, 0.2) is 17.8 Å². The molecule has 1 aromatic heterocycles. The number of amides is 1. The number of carbonyl (C=O) groups excluding carboxylic acids is 1. The largest absolute Gasteiger partial charge is 0.368 e. The maximum absolute atomic E-state index is 12.4. The molecule has 0 bridgehead atoms. The van der Waals surface area contributed by atoms with Crippen molar-refractivity contribution >= 4 is 23.5 Å². The third-order valence-corrected chi connectivity index (χ3v) is 6.46. The minimum absolute atomic E-state index is 0.0149. The molecular formula is C21H30ClN5O2. The molecule has 158 valence electrons. The summed E-state index contributed by atoms with van der Waals surface area (Å²) in [6, 6.07) is 0.809. The van der Waals surface area contributed by atoms with E-state index in [1.54, 1.807) is 6.08 Å². The van der Waals surface area contributed by atoms with Crippen molar-refractivity contribution in [3.8, 4) is 0 Å². The van der Waals surface area contributed by atoms with Crippen LogP contribution in [0.2, 0.25) is 0 Å². The zero-order valence-corrected chi connectivity index (χ0v) is 17.7. The molecule has 0 aromatic carbocycles. The van der Waals surface area contributed by atoms with Crippen LogP contribution in [0.1, 0.15) is 30.5 Å². The zero-order chi connectivity index (χ0) is 20.1. The Labute approximate surface area is 177 Å². The average Bonchev–Trinajstić information content (AvgIpc) is 2.92. The van der Waals surface area contributed by atoms with Gasteiger partial charge in [0.25, 0.3) is 0 Å². The van der Waals surface area contributed by atoms with Gasteiger partial charge < -0.3 is 14.5 Å². The number of hydrogen-bond donors (Lipinski definition) is 0. The standard InChI is InChI=1S/C21H30ClN5O2/c22-7-2-14-29-16-20(28)26-8-5-17-15-23-21(24-19(17)6-9-26)27-12-10-25(11-13-27)18-3-1-4-18/h2,7,15,18H,1,3-6,8-14,16H2/b7-2+. The number of carbonyl (C=O) groups is 1. The van der Waals surface area contributed by atoms with Gasteiger partial charge in [0.2, 0.25) is 11.9 Å². The topological polar surface area (TPSA) is 61.8 Å². The van der Waals surface area contributed by atoms with E-state index in [2.05, 4.69) is 14.8 Å². The number of anilines is 1. The van der Waals surface area contributed by atoms with Crippen molar-refractivity contribution in [2.24, 2.45) is 0 Å². The minimum atomic E-state index is 0.0149. The fourth-order valence-corrected chi connectivity index (χ4v) is 4.32. The first-order valence-corrected chi connectivity index (χ1v) is 11.1. The summed E-state index contributed by atoms with van der Waals surface area (Å²) in [6.07, 6.45) is 9.30. The van der Waals surface area contributed by atoms with Crippen LogP contribution in [-0.4, -0.2) is 84.2 Å². The van der Waals surface area contributed by atoms with Gasteiger partial charge in [0, 0.05) is 63.5 Å². The lowest BCUT2D eigenvalue weighted by atomic mass is 9.91. The van der Waals surface area contributed by atoms with E-state index in [0.717, 1.165) is 62.3 Å². The van der Waals surface area contributed by atoms with Gasteiger partial charge in [0.1, 0.15) is 6.61 Å². The van der Waals surface area contributed by atoms with Crippen molar-refractivity contribution in [1.82, 2.24) is 19.8 Å². The highest BCUT2D eigenvalue weighted by atomic mass is 35.5. The quantitative estimate of drug-likeness (QED) is 0.656. The second kappa shape index (κ2) is 9.87. The summed E-state index contributed by atoms with van der Waals surface area (Å²) in [5, 5.41) is 0. The van der Waals surface area contributed by atoms with E-state index in [4.69, 9.17) is 21.3 Å². The van der Waals surface area contributed by atoms with Crippen LogP contribution < -0.4 is 4.90 Å². The first-order chi connectivity index (χ1) is 14.2. The molecule has 1 aliphatic carbocycles. The van der Waals surface area contributed by atoms with Crippen LogP contribution in [0, 0.1) is 0 Å². The predicted octanol–water partition coefficient (Wildman–Crippen LogP) is 1.85. The Morgan fingerprint density at radius 3 is 2.69 bits per heavy atom. The van der Waals surface area contributed by atoms with Crippen LogP contribution in [-0.2, 0) is 22.4 Å². The van der Waals surface area contributed by atoms with Crippen LogP contribution >= 0.6 is 11.6 Å². The molecule has 7 nitrogen and oxygen atoms in total. The lowest BCUT2D eigenvalue weighted by Crippen LogP contribution is -2.52. The van der Waals surface area contributed by atoms with E-state index in [9.17, 15) is 4.79 Å². The third kappa shape index (κ3) is 5.08. The van der Waals surface area contributed by atoms with Gasteiger partial charge in [0.05, 0.1) is 12.3 Å². The Balaban J connectivity index is 1.31. The molecule has 0 spiro atoms. The number of hydrogen-bond acceptors (Lipinski definition) is 6. The molecule has 4 rings (SSSR count). The van der Waals surface area contributed by atoms with Crippen molar-refractivity contribution in [1.29, 1.82) is 0 Å². The number of rotatable bonds is 6. The summed E-state index contributed by atoms with van der Waals surface area (Å²) in [6.45, 7) is 5.99. The van der Waals surface area contributed by atoms with E-state index >= 15 is 0 Å². The number of aromatic nitrogens is 2. The third-order valence-electron chi connectivity index (χ3n) is 6.28. The molecule has 8 heteroatoms. The van der Waals surface area contributed by atoms with Crippen molar-refractivity contribution in [3.63, 3.8) is 0 Å². The molecule has 1 amide bonds. The van der Waals surface area contributed by atoms with E-state index in [-0.39, 0.29) is 12.5 Å². The smallest absolute Gasteiger partial charge is 0.248 e. The molecule has 1 saturated heterocycles. The summed E-state index contributed by atoms with van der Waals surface area (Å²) in [7, 11) is 0. The van der Waals surface area contributed by atoms with Crippen LogP contribution in [0.4, 0.5) is 5.95 Å². The number of piperazine rings is 1. The molecule has 0 unspecified atom stereocenters. The highest BCUT2D eigenvalue weighted by Crippen LogP contribution is 2.26. The molecule has 1 saturated carbocycles. The number of halogens is 1. The summed E-state index contributed by atoms with van der Waals surface area (Å²) in [5.41, 5.74) is 3.64. The Kier molecular flexibility index (Phi) is 7.00. The molecule has 0 N–H and O–H groups in total. The van der Waals surface area contributed by atoms with Gasteiger partial charge in [-0.1, -0.05) is 18.0 Å². The molecule has 3 aliphatic rings. The van der Waals surface area contributed by atoms with Crippen molar-refractivity contribution in [2.75, 3.05) is 57.4 Å². The fraction of sp³-hybridized carbons (Fsp3) is 0.667. The van der Waals surface area contributed by atoms with Gasteiger partial charge in [-0.3, -0.25) is 9.69 Å². The van der Waals surface area contributed by atoms with Gasteiger partial charge in [0.15, 0.2) is 0 Å². The summed E-state index contributed by atoms with van der Waals surface area (Å²) >= 11 is 5.46. The lowest BCUT2D eigenvalue weighted by Gasteiger charge is -2.43. The monoisotopic (exact) mass is 419 g/mol. The molecule has 2 fully saturated rings. The Morgan fingerprint density at radius 2 is 1.97 bits per heavy atom. The molecule has 3 heterocycles. The van der Waals surface area contributed by atoms with Gasteiger partial charge in [-0.15, -0.1) is 0 Å².